The van der Waals surface area contributed by atoms with Crippen LogP contribution in [-0.4, -0.2) is 10.7 Å². The first-order valence-electron chi connectivity index (χ1n) is 10.8. The molecule has 1 heterocycles. The summed E-state index contributed by atoms with van der Waals surface area (Å²) >= 11 is 5.43. The molecule has 2 nitrogen and oxygen atoms in total. The molecule has 2 aromatic carbocycles. The summed E-state index contributed by atoms with van der Waals surface area (Å²) in [4.78, 5) is 6.12. The number of benzene rings is 2. The van der Waals surface area contributed by atoms with E-state index in [1.54, 1.807) is 0 Å². The van der Waals surface area contributed by atoms with Crippen molar-refractivity contribution in [2.45, 2.75) is 39.0 Å². The van der Waals surface area contributed by atoms with Crippen molar-refractivity contribution in [2.75, 3.05) is 0 Å². The Bertz CT molecular complexity index is 1010. The molecule has 0 spiro atoms. The van der Waals surface area contributed by atoms with Crippen LogP contribution in [-0.2, 0) is 0 Å². The van der Waals surface area contributed by atoms with E-state index < -0.39 is 0 Å². The van der Waals surface area contributed by atoms with Crippen LogP contribution in [0.3, 0.4) is 0 Å². The Morgan fingerprint density at radius 2 is 1.60 bits per heavy atom. The van der Waals surface area contributed by atoms with Crippen molar-refractivity contribution in [3.8, 4) is 0 Å². The third-order valence-electron chi connectivity index (χ3n) is 5.57. The van der Waals surface area contributed by atoms with Crippen molar-refractivity contribution in [2.24, 2.45) is 10.9 Å². The maximum atomic E-state index is 5.43. The summed E-state index contributed by atoms with van der Waals surface area (Å²) in [6.07, 6.45) is 11.6. The summed E-state index contributed by atoms with van der Waals surface area (Å²) in [5.74, 6) is 1.27. The lowest BCUT2D eigenvalue weighted by Gasteiger charge is -2.20. The van der Waals surface area contributed by atoms with Crippen LogP contribution in [0.4, 0.5) is 0 Å². The van der Waals surface area contributed by atoms with Gasteiger partial charge in [0.15, 0.2) is 0 Å². The van der Waals surface area contributed by atoms with Crippen LogP contribution in [0.15, 0.2) is 89.5 Å². The van der Waals surface area contributed by atoms with Crippen molar-refractivity contribution in [1.82, 2.24) is 5.32 Å². The molecule has 0 bridgehead atoms. The molecular formula is C27H27N2S. The Morgan fingerprint density at radius 3 is 2.23 bits per heavy atom. The molecule has 0 aromatic heterocycles. The Kier molecular flexibility index (Phi) is 6.70. The number of nitrogens with zero attached hydrogens (tertiary/aromatic N) is 2. The normalized spacial score (nSPS) is 16.9. The van der Waals surface area contributed by atoms with E-state index in [0.717, 1.165) is 52.5 Å². The number of unbranched alkanes of at least 4 members (excludes halogenated alkanes) is 1. The van der Waals surface area contributed by atoms with Crippen LogP contribution in [0.5, 0.6) is 0 Å². The van der Waals surface area contributed by atoms with Gasteiger partial charge in [-0.05, 0) is 18.9 Å². The van der Waals surface area contributed by atoms with E-state index in [1.807, 2.05) is 18.2 Å². The molecule has 1 aliphatic carbocycles. The van der Waals surface area contributed by atoms with Gasteiger partial charge in [-0.25, -0.2) is 10.3 Å². The number of amidine groups is 1. The molecule has 0 saturated heterocycles. The van der Waals surface area contributed by atoms with Gasteiger partial charge in [0.2, 0.25) is 0 Å². The second kappa shape index (κ2) is 9.82. The third kappa shape index (κ3) is 4.85. The molecule has 1 unspecified atom stereocenters. The van der Waals surface area contributed by atoms with Crippen LogP contribution in [0.25, 0.3) is 11.4 Å². The van der Waals surface area contributed by atoms with Crippen molar-refractivity contribution in [3.63, 3.8) is 0 Å². The Morgan fingerprint density at radius 1 is 0.933 bits per heavy atom. The highest BCUT2D eigenvalue weighted by Crippen LogP contribution is 2.35. The van der Waals surface area contributed by atoms with Gasteiger partial charge in [0.05, 0.1) is 11.4 Å². The molecule has 0 N–H and O–H groups in total. The molecule has 30 heavy (non-hydrogen) atoms. The van der Waals surface area contributed by atoms with E-state index in [0.29, 0.717) is 5.92 Å². The molecule has 1 aliphatic heterocycles. The Labute approximate surface area is 185 Å². The number of allylic oxidation sites excluding steroid dienone is 4. The largest absolute Gasteiger partial charge is 0.230 e. The first-order chi connectivity index (χ1) is 14.7. The van der Waals surface area contributed by atoms with E-state index in [2.05, 4.69) is 67.6 Å². The molecule has 0 fully saturated rings. The average molecular weight is 412 g/mol. The second-order valence-corrected chi connectivity index (χ2v) is 8.41. The highest BCUT2D eigenvalue weighted by Gasteiger charge is 2.28. The molecule has 0 saturated carbocycles. The molecule has 1 radical (unpaired) electrons. The molecule has 2 aliphatic rings. The van der Waals surface area contributed by atoms with Crippen molar-refractivity contribution >= 4 is 34.3 Å². The summed E-state index contributed by atoms with van der Waals surface area (Å²) in [5.41, 5.74) is 5.57. The lowest BCUT2D eigenvalue weighted by Crippen LogP contribution is -2.23. The van der Waals surface area contributed by atoms with Gasteiger partial charge < -0.3 is 0 Å². The van der Waals surface area contributed by atoms with Crippen LogP contribution in [0.1, 0.15) is 50.2 Å². The predicted octanol–water partition coefficient (Wildman–Crippen LogP) is 6.98. The van der Waals surface area contributed by atoms with E-state index in [4.69, 9.17) is 22.5 Å². The molecule has 151 valence electrons. The van der Waals surface area contributed by atoms with E-state index in [1.165, 1.54) is 18.4 Å². The summed E-state index contributed by atoms with van der Waals surface area (Å²) < 4.78 is 0. The summed E-state index contributed by atoms with van der Waals surface area (Å²) in [6, 6.07) is 20.8. The van der Waals surface area contributed by atoms with Gasteiger partial charge >= 0.3 is 0 Å². The Hall–Kier alpha value is -2.78. The molecule has 1 atom stereocenters. The van der Waals surface area contributed by atoms with Gasteiger partial charge in [-0.1, -0.05) is 110 Å². The fraction of sp³-hybridized carbons (Fsp3) is 0.259. The van der Waals surface area contributed by atoms with Gasteiger partial charge in [-0.15, -0.1) is 0 Å². The molecule has 0 amide bonds. The SMILES string of the molecule is CCCCC(CC1=CC=CC(=S)C1)C1=NC(c2ccccc2)=C(c2ccccc2)[N]1. The minimum absolute atomic E-state index is 0.311. The highest BCUT2D eigenvalue weighted by molar-refractivity contribution is 7.80. The lowest BCUT2D eigenvalue weighted by molar-refractivity contribution is 0.568. The number of hydrogen-bond donors (Lipinski definition) is 0. The second-order valence-electron chi connectivity index (χ2n) is 7.88. The maximum absolute atomic E-state index is 5.43. The van der Waals surface area contributed by atoms with E-state index in [-0.39, 0.29) is 0 Å². The van der Waals surface area contributed by atoms with Crippen LogP contribution < -0.4 is 5.32 Å². The Balaban J connectivity index is 1.66. The zero-order valence-electron chi connectivity index (χ0n) is 17.4. The first kappa shape index (κ1) is 20.5. The van der Waals surface area contributed by atoms with E-state index >= 15 is 0 Å². The fourth-order valence-corrected chi connectivity index (χ4v) is 4.26. The third-order valence-corrected chi connectivity index (χ3v) is 5.85. The number of hydrogen-bond acceptors (Lipinski definition) is 2. The highest BCUT2D eigenvalue weighted by atomic mass is 32.1. The zero-order valence-corrected chi connectivity index (χ0v) is 18.2. The summed E-state index contributed by atoms with van der Waals surface area (Å²) in [7, 11) is 0. The van der Waals surface area contributed by atoms with Gasteiger partial charge in [0, 0.05) is 28.3 Å². The molecular weight excluding hydrogens is 384 g/mol. The standard InChI is InChI=1S/C27H27N2S/c1-2-3-12-23(18-20-11-10-17-24(30)19-20)27-28-25(21-13-6-4-7-14-21)26(29-27)22-15-8-5-9-16-22/h4-11,13-17,23H,2-3,12,18-19H2,1H3. The molecule has 3 heteroatoms. The van der Waals surface area contributed by atoms with Crippen molar-refractivity contribution < 1.29 is 0 Å². The summed E-state index contributed by atoms with van der Waals surface area (Å²) in [5, 5.41) is 5.11. The minimum atomic E-state index is 0.311. The molecule has 2 aromatic rings. The number of thiocarbonyl (C=S) groups is 1. The van der Waals surface area contributed by atoms with Crippen molar-refractivity contribution in [1.29, 1.82) is 0 Å². The van der Waals surface area contributed by atoms with Crippen LogP contribution in [0.2, 0.25) is 0 Å². The van der Waals surface area contributed by atoms with Crippen LogP contribution >= 0.6 is 12.2 Å². The molecule has 4 rings (SSSR count). The predicted molar refractivity (Wildman–Crippen MR) is 131 cm³/mol. The topological polar surface area (TPSA) is 26.5 Å². The summed E-state index contributed by atoms with van der Waals surface area (Å²) in [6.45, 7) is 2.24. The minimum Gasteiger partial charge on any atom is -0.230 e. The van der Waals surface area contributed by atoms with Crippen LogP contribution in [0, 0.1) is 5.92 Å². The zero-order chi connectivity index (χ0) is 20.8. The quantitative estimate of drug-likeness (QED) is 0.430. The first-order valence-corrected chi connectivity index (χ1v) is 11.2. The van der Waals surface area contributed by atoms with Gasteiger partial charge in [0.25, 0.3) is 0 Å². The fourth-order valence-electron chi connectivity index (χ4n) is 4.00. The lowest BCUT2D eigenvalue weighted by atomic mass is 9.89. The van der Waals surface area contributed by atoms with Gasteiger partial charge in [-0.2, -0.15) is 0 Å². The van der Waals surface area contributed by atoms with Gasteiger partial charge in [0.1, 0.15) is 5.84 Å². The number of aliphatic imine (C=N–C) groups is 1. The van der Waals surface area contributed by atoms with Gasteiger partial charge in [-0.3, -0.25) is 0 Å². The smallest absolute Gasteiger partial charge is 0.133 e. The maximum Gasteiger partial charge on any atom is 0.133 e. The van der Waals surface area contributed by atoms with Crippen molar-refractivity contribution in [3.05, 3.63) is 95.6 Å². The monoisotopic (exact) mass is 411 g/mol. The van der Waals surface area contributed by atoms with E-state index in [9.17, 15) is 0 Å². The number of rotatable bonds is 8. The average Bonchev–Trinajstić information content (AvgIpc) is 3.23.